The predicted octanol–water partition coefficient (Wildman–Crippen LogP) is -0.989. The summed E-state index contributed by atoms with van der Waals surface area (Å²) in [5.74, 6) is -0.404. The molecule has 0 atom stereocenters. The number of carbonyl (C=O) groups excluding carboxylic acids is 2. The van der Waals surface area contributed by atoms with E-state index in [1.54, 1.807) is 0 Å². The smallest absolute Gasteiger partial charge is 0.245 e. The predicted molar refractivity (Wildman–Crippen MR) is 48.0 cm³/mol. The summed E-state index contributed by atoms with van der Waals surface area (Å²) in [7, 11) is 0. The number of rotatable bonds is 6. The van der Waals surface area contributed by atoms with Crippen LogP contribution in [0.3, 0.4) is 0 Å². The SMILES string of the molecule is CC(=O)NCCCCNC(=O)CO. The summed E-state index contributed by atoms with van der Waals surface area (Å²) in [4.78, 5) is 20.9. The van der Waals surface area contributed by atoms with E-state index >= 15 is 0 Å². The first kappa shape index (κ1) is 11.9. The number of hydrogen-bond donors (Lipinski definition) is 3. The van der Waals surface area contributed by atoms with E-state index in [1.165, 1.54) is 6.92 Å². The molecule has 76 valence electrons. The molecule has 5 heteroatoms. The molecule has 0 saturated heterocycles. The number of amides is 2. The quantitative estimate of drug-likeness (QED) is 0.468. The van der Waals surface area contributed by atoms with Gasteiger partial charge in [-0.15, -0.1) is 0 Å². The minimum absolute atomic E-state index is 0.0422. The van der Waals surface area contributed by atoms with E-state index in [1.807, 2.05) is 0 Å². The second-order valence-electron chi connectivity index (χ2n) is 2.70. The Morgan fingerprint density at radius 2 is 1.69 bits per heavy atom. The highest BCUT2D eigenvalue weighted by atomic mass is 16.3. The van der Waals surface area contributed by atoms with E-state index in [0.29, 0.717) is 13.1 Å². The summed E-state index contributed by atoms with van der Waals surface area (Å²) in [6.45, 7) is 2.17. The van der Waals surface area contributed by atoms with Crippen LogP contribution >= 0.6 is 0 Å². The Morgan fingerprint density at radius 1 is 1.15 bits per heavy atom. The molecule has 0 aromatic heterocycles. The van der Waals surface area contributed by atoms with Gasteiger partial charge in [-0.3, -0.25) is 9.59 Å². The Hall–Kier alpha value is -1.10. The molecule has 0 unspecified atom stereocenters. The fourth-order valence-corrected chi connectivity index (χ4v) is 0.798. The monoisotopic (exact) mass is 188 g/mol. The summed E-state index contributed by atoms with van der Waals surface area (Å²) >= 11 is 0. The normalized spacial score (nSPS) is 9.38. The third-order valence-corrected chi connectivity index (χ3v) is 1.44. The Kier molecular flexibility index (Phi) is 6.91. The summed E-state index contributed by atoms with van der Waals surface area (Å²) in [5, 5.41) is 13.5. The van der Waals surface area contributed by atoms with Crippen LogP contribution in [-0.4, -0.2) is 36.6 Å². The van der Waals surface area contributed by atoms with Gasteiger partial charge in [0.25, 0.3) is 0 Å². The molecule has 2 amide bonds. The third kappa shape index (κ3) is 8.81. The first-order valence-corrected chi connectivity index (χ1v) is 4.29. The zero-order valence-corrected chi connectivity index (χ0v) is 7.80. The number of carbonyl (C=O) groups is 2. The summed E-state index contributed by atoms with van der Waals surface area (Å²) in [6, 6.07) is 0. The van der Waals surface area contributed by atoms with E-state index in [2.05, 4.69) is 10.6 Å². The Morgan fingerprint density at radius 3 is 2.15 bits per heavy atom. The Labute approximate surface area is 77.5 Å². The van der Waals surface area contributed by atoms with Crippen molar-refractivity contribution in [2.75, 3.05) is 19.7 Å². The topological polar surface area (TPSA) is 78.4 Å². The standard InChI is InChI=1S/C8H16N2O3/c1-7(12)9-4-2-3-5-10-8(13)6-11/h11H,2-6H2,1H3,(H,9,12)(H,10,13). The average Bonchev–Trinajstić information content (AvgIpc) is 2.10. The van der Waals surface area contributed by atoms with E-state index in [-0.39, 0.29) is 11.8 Å². The van der Waals surface area contributed by atoms with Gasteiger partial charge in [-0.2, -0.15) is 0 Å². The van der Waals surface area contributed by atoms with Gasteiger partial charge in [0.05, 0.1) is 0 Å². The van der Waals surface area contributed by atoms with Crippen molar-refractivity contribution in [2.45, 2.75) is 19.8 Å². The number of hydrogen-bond acceptors (Lipinski definition) is 3. The van der Waals surface area contributed by atoms with Crippen molar-refractivity contribution in [3.05, 3.63) is 0 Å². The molecule has 0 aliphatic rings. The second kappa shape index (κ2) is 7.54. The number of nitrogens with one attached hydrogen (secondary N) is 2. The lowest BCUT2D eigenvalue weighted by Crippen LogP contribution is -2.28. The van der Waals surface area contributed by atoms with Gasteiger partial charge in [0.15, 0.2) is 0 Å². The molecule has 0 spiro atoms. The van der Waals surface area contributed by atoms with Crippen molar-refractivity contribution in [3.8, 4) is 0 Å². The first-order valence-electron chi connectivity index (χ1n) is 4.29. The van der Waals surface area contributed by atoms with Crippen LogP contribution in [0.4, 0.5) is 0 Å². The van der Waals surface area contributed by atoms with Gasteiger partial charge >= 0.3 is 0 Å². The van der Waals surface area contributed by atoms with Crippen molar-refractivity contribution < 1.29 is 14.7 Å². The molecule has 0 radical (unpaired) electrons. The number of aliphatic hydroxyl groups is 1. The minimum Gasteiger partial charge on any atom is -0.387 e. The fraction of sp³-hybridized carbons (Fsp3) is 0.750. The molecule has 0 aliphatic heterocycles. The summed E-state index contributed by atoms with van der Waals surface area (Å²) in [5.41, 5.74) is 0. The van der Waals surface area contributed by atoms with Crippen molar-refractivity contribution >= 4 is 11.8 Å². The molecule has 13 heavy (non-hydrogen) atoms. The van der Waals surface area contributed by atoms with Crippen molar-refractivity contribution in [1.29, 1.82) is 0 Å². The van der Waals surface area contributed by atoms with Gasteiger partial charge in [0.1, 0.15) is 6.61 Å². The maximum Gasteiger partial charge on any atom is 0.245 e. The minimum atomic E-state index is -0.467. The molecule has 0 fully saturated rings. The molecule has 3 N–H and O–H groups in total. The van der Waals surface area contributed by atoms with Crippen LogP contribution in [0.25, 0.3) is 0 Å². The van der Waals surface area contributed by atoms with Crippen LogP contribution < -0.4 is 10.6 Å². The van der Waals surface area contributed by atoms with Crippen LogP contribution in [0.2, 0.25) is 0 Å². The lowest BCUT2D eigenvalue weighted by atomic mass is 10.3. The highest BCUT2D eigenvalue weighted by Gasteiger charge is 1.96. The zero-order chi connectivity index (χ0) is 10.1. The highest BCUT2D eigenvalue weighted by Crippen LogP contribution is 1.84. The van der Waals surface area contributed by atoms with Crippen LogP contribution in [0.15, 0.2) is 0 Å². The van der Waals surface area contributed by atoms with E-state index in [9.17, 15) is 9.59 Å². The van der Waals surface area contributed by atoms with Crippen LogP contribution in [0.5, 0.6) is 0 Å². The molecule has 0 rings (SSSR count). The van der Waals surface area contributed by atoms with Gasteiger partial charge in [-0.1, -0.05) is 0 Å². The first-order chi connectivity index (χ1) is 6.16. The van der Waals surface area contributed by atoms with Crippen LogP contribution in [0.1, 0.15) is 19.8 Å². The molecule has 5 nitrogen and oxygen atoms in total. The van der Waals surface area contributed by atoms with Gasteiger partial charge < -0.3 is 15.7 Å². The zero-order valence-electron chi connectivity index (χ0n) is 7.80. The average molecular weight is 188 g/mol. The Bertz CT molecular complexity index is 171. The van der Waals surface area contributed by atoms with E-state index in [4.69, 9.17) is 5.11 Å². The number of aliphatic hydroxyl groups excluding tert-OH is 1. The van der Waals surface area contributed by atoms with E-state index in [0.717, 1.165) is 12.8 Å². The van der Waals surface area contributed by atoms with Crippen molar-refractivity contribution in [1.82, 2.24) is 10.6 Å². The maximum absolute atomic E-state index is 10.5. The lowest BCUT2D eigenvalue weighted by Gasteiger charge is -2.03. The van der Waals surface area contributed by atoms with Gasteiger partial charge in [0.2, 0.25) is 11.8 Å². The largest absolute Gasteiger partial charge is 0.387 e. The molecular formula is C8H16N2O3. The fourth-order valence-electron chi connectivity index (χ4n) is 0.798. The lowest BCUT2D eigenvalue weighted by molar-refractivity contribution is -0.124. The highest BCUT2D eigenvalue weighted by molar-refractivity contribution is 5.76. The molecule has 0 aliphatic carbocycles. The molecule has 0 aromatic carbocycles. The van der Waals surface area contributed by atoms with Crippen LogP contribution in [0, 0.1) is 0 Å². The third-order valence-electron chi connectivity index (χ3n) is 1.44. The van der Waals surface area contributed by atoms with Gasteiger partial charge in [0, 0.05) is 20.0 Å². The molecule has 0 aromatic rings. The van der Waals surface area contributed by atoms with E-state index < -0.39 is 6.61 Å². The molecule has 0 saturated carbocycles. The Balaban J connectivity index is 3.08. The maximum atomic E-state index is 10.5. The summed E-state index contributed by atoms with van der Waals surface area (Å²) in [6.07, 6.45) is 1.62. The number of unbranched alkanes of at least 4 members (excludes halogenated alkanes) is 1. The molecular weight excluding hydrogens is 172 g/mol. The van der Waals surface area contributed by atoms with Gasteiger partial charge in [-0.25, -0.2) is 0 Å². The molecule has 0 bridgehead atoms. The van der Waals surface area contributed by atoms with Crippen molar-refractivity contribution in [2.24, 2.45) is 0 Å². The summed E-state index contributed by atoms with van der Waals surface area (Å²) < 4.78 is 0. The molecule has 0 heterocycles. The van der Waals surface area contributed by atoms with Crippen molar-refractivity contribution in [3.63, 3.8) is 0 Å². The second-order valence-corrected chi connectivity index (χ2v) is 2.70. The van der Waals surface area contributed by atoms with Crippen LogP contribution in [-0.2, 0) is 9.59 Å². The van der Waals surface area contributed by atoms with Gasteiger partial charge in [-0.05, 0) is 12.8 Å².